The van der Waals surface area contributed by atoms with Crippen LogP contribution in [0.25, 0.3) is 0 Å². The van der Waals surface area contributed by atoms with Gasteiger partial charge < -0.3 is 15.0 Å². The van der Waals surface area contributed by atoms with Crippen molar-refractivity contribution in [1.82, 2.24) is 10.1 Å². The van der Waals surface area contributed by atoms with Crippen LogP contribution in [0.2, 0.25) is 0 Å². The van der Waals surface area contributed by atoms with Crippen molar-refractivity contribution in [2.45, 2.75) is 45.3 Å². The molecule has 0 amide bonds. The van der Waals surface area contributed by atoms with Crippen LogP contribution < -0.4 is 5.73 Å². The predicted octanol–water partition coefficient (Wildman–Crippen LogP) is 3.19. The normalized spacial score (nSPS) is 14.0. The Balaban J connectivity index is 2.04. The average Bonchev–Trinajstić information content (AvgIpc) is 2.98. The van der Waals surface area contributed by atoms with Gasteiger partial charge in [0, 0.05) is 6.61 Å². The zero-order valence-electron chi connectivity index (χ0n) is 12.7. The van der Waals surface area contributed by atoms with Gasteiger partial charge in [-0.25, -0.2) is 0 Å². The minimum absolute atomic E-state index is 0.110. The molecule has 2 rings (SSSR count). The van der Waals surface area contributed by atoms with Gasteiger partial charge in [0.2, 0.25) is 11.7 Å². The lowest BCUT2D eigenvalue weighted by molar-refractivity contribution is 0.0477. The van der Waals surface area contributed by atoms with Crippen LogP contribution in [0.3, 0.4) is 0 Å². The molecule has 0 saturated heterocycles. The molecular formula is C16H23N3O2. The highest BCUT2D eigenvalue weighted by atomic mass is 16.5. The second-order valence-corrected chi connectivity index (χ2v) is 5.02. The fourth-order valence-electron chi connectivity index (χ4n) is 2.23. The molecule has 5 heteroatoms. The van der Waals surface area contributed by atoms with Crippen molar-refractivity contribution in [3.8, 4) is 0 Å². The first-order valence-corrected chi connectivity index (χ1v) is 7.49. The molecule has 1 aromatic heterocycles. The number of ether oxygens (including phenoxy) is 1. The van der Waals surface area contributed by atoms with Gasteiger partial charge in [0.15, 0.2) is 0 Å². The van der Waals surface area contributed by atoms with Crippen molar-refractivity contribution in [3.05, 3.63) is 47.6 Å². The Morgan fingerprint density at radius 1 is 1.24 bits per heavy atom. The summed E-state index contributed by atoms with van der Waals surface area (Å²) >= 11 is 0. The van der Waals surface area contributed by atoms with Crippen LogP contribution >= 0.6 is 0 Å². The van der Waals surface area contributed by atoms with E-state index in [1.54, 1.807) is 0 Å². The minimum atomic E-state index is -0.294. The molecule has 2 aromatic rings. The average molecular weight is 289 g/mol. The van der Waals surface area contributed by atoms with Gasteiger partial charge in [-0.05, 0) is 25.3 Å². The zero-order chi connectivity index (χ0) is 15.1. The monoisotopic (exact) mass is 289 g/mol. The van der Waals surface area contributed by atoms with Gasteiger partial charge >= 0.3 is 0 Å². The highest BCUT2D eigenvalue weighted by molar-refractivity contribution is 5.16. The molecule has 114 valence electrons. The largest absolute Gasteiger partial charge is 0.370 e. The maximum Gasteiger partial charge on any atom is 0.243 e. The number of rotatable bonds is 8. The van der Waals surface area contributed by atoms with Gasteiger partial charge in [-0.3, -0.25) is 0 Å². The van der Waals surface area contributed by atoms with E-state index in [0.717, 1.165) is 18.4 Å². The Kier molecular flexibility index (Phi) is 5.90. The van der Waals surface area contributed by atoms with Crippen LogP contribution in [-0.4, -0.2) is 16.7 Å². The van der Waals surface area contributed by atoms with Crippen molar-refractivity contribution in [1.29, 1.82) is 0 Å². The third-order valence-corrected chi connectivity index (χ3v) is 3.28. The van der Waals surface area contributed by atoms with Gasteiger partial charge in [-0.1, -0.05) is 48.8 Å². The molecule has 0 bridgehead atoms. The van der Waals surface area contributed by atoms with E-state index < -0.39 is 0 Å². The number of aromatic nitrogens is 2. The van der Waals surface area contributed by atoms with Crippen LogP contribution in [0.4, 0.5) is 0 Å². The van der Waals surface area contributed by atoms with E-state index in [0.29, 0.717) is 24.7 Å². The molecule has 0 aliphatic rings. The summed E-state index contributed by atoms with van der Waals surface area (Å²) in [5.74, 6) is 1.06. The number of hydrogen-bond donors (Lipinski definition) is 1. The summed E-state index contributed by atoms with van der Waals surface area (Å²) in [4.78, 5) is 4.42. The molecule has 1 aromatic carbocycles. The van der Waals surface area contributed by atoms with Gasteiger partial charge in [-0.15, -0.1) is 0 Å². The molecule has 1 heterocycles. The van der Waals surface area contributed by atoms with Crippen LogP contribution in [0.1, 0.15) is 56.1 Å². The summed E-state index contributed by atoms with van der Waals surface area (Å²) in [6, 6.07) is 9.75. The molecule has 0 fully saturated rings. The number of nitrogens with two attached hydrogens (primary N) is 1. The maximum atomic E-state index is 6.15. The van der Waals surface area contributed by atoms with Crippen LogP contribution in [-0.2, 0) is 11.2 Å². The summed E-state index contributed by atoms with van der Waals surface area (Å²) in [6.07, 6.45) is 2.45. The maximum absolute atomic E-state index is 6.15. The van der Waals surface area contributed by atoms with Crippen molar-refractivity contribution in [2.24, 2.45) is 5.73 Å². The van der Waals surface area contributed by atoms with Crippen molar-refractivity contribution in [2.75, 3.05) is 6.61 Å². The van der Waals surface area contributed by atoms with Crippen molar-refractivity contribution < 1.29 is 9.26 Å². The second kappa shape index (κ2) is 7.90. The first kappa shape index (κ1) is 15.7. The number of benzene rings is 1. The Morgan fingerprint density at radius 3 is 2.67 bits per heavy atom. The smallest absolute Gasteiger partial charge is 0.243 e. The summed E-state index contributed by atoms with van der Waals surface area (Å²) in [5, 5.41) is 4.03. The molecule has 5 nitrogen and oxygen atoms in total. The zero-order valence-corrected chi connectivity index (χ0v) is 12.7. The minimum Gasteiger partial charge on any atom is -0.370 e. The van der Waals surface area contributed by atoms with E-state index in [1.807, 2.05) is 37.3 Å². The summed E-state index contributed by atoms with van der Waals surface area (Å²) in [6.45, 7) is 4.70. The molecule has 2 N–H and O–H groups in total. The molecule has 0 aliphatic heterocycles. The first-order chi connectivity index (χ1) is 10.2. The Labute approximate surface area is 125 Å². The standard InChI is InChI=1S/C16H23N3O2/c1-3-8-14(20-4-2)15-18-16(21-19-15)13(17)11-12-9-6-5-7-10-12/h5-7,9-10,13-14H,3-4,8,11,17H2,1-2H3/t13-,14?/m0/s1. The van der Waals surface area contributed by atoms with E-state index in [1.165, 1.54) is 0 Å². The van der Waals surface area contributed by atoms with Crippen molar-refractivity contribution in [3.63, 3.8) is 0 Å². The van der Waals surface area contributed by atoms with E-state index in [4.69, 9.17) is 15.0 Å². The van der Waals surface area contributed by atoms with Crippen LogP contribution in [0.15, 0.2) is 34.9 Å². The molecular weight excluding hydrogens is 266 g/mol. The molecule has 0 aliphatic carbocycles. The molecule has 21 heavy (non-hydrogen) atoms. The summed E-state index contributed by atoms with van der Waals surface area (Å²) < 4.78 is 11.0. The molecule has 1 unspecified atom stereocenters. The predicted molar refractivity (Wildman–Crippen MR) is 80.6 cm³/mol. The highest BCUT2D eigenvalue weighted by Gasteiger charge is 2.21. The lowest BCUT2D eigenvalue weighted by atomic mass is 10.1. The third kappa shape index (κ3) is 4.37. The molecule has 0 radical (unpaired) electrons. The van der Waals surface area contributed by atoms with Crippen molar-refractivity contribution >= 4 is 0 Å². The molecule has 0 saturated carbocycles. The van der Waals surface area contributed by atoms with Gasteiger partial charge in [0.05, 0.1) is 6.04 Å². The summed E-state index contributed by atoms with van der Waals surface area (Å²) in [7, 11) is 0. The number of hydrogen-bond acceptors (Lipinski definition) is 5. The lowest BCUT2D eigenvalue weighted by Crippen LogP contribution is -2.14. The molecule has 2 atom stereocenters. The molecule has 0 spiro atoms. The van der Waals surface area contributed by atoms with Gasteiger partial charge in [0.25, 0.3) is 0 Å². The highest BCUT2D eigenvalue weighted by Crippen LogP contribution is 2.22. The van der Waals surface area contributed by atoms with Gasteiger partial charge in [0.1, 0.15) is 6.10 Å². The fraction of sp³-hybridized carbons (Fsp3) is 0.500. The fourth-order valence-corrected chi connectivity index (χ4v) is 2.23. The van der Waals surface area contributed by atoms with E-state index >= 15 is 0 Å². The quantitative estimate of drug-likeness (QED) is 0.807. The topological polar surface area (TPSA) is 74.2 Å². The second-order valence-electron chi connectivity index (χ2n) is 5.02. The third-order valence-electron chi connectivity index (χ3n) is 3.28. The number of nitrogens with zero attached hydrogens (tertiary/aromatic N) is 2. The Hall–Kier alpha value is -1.72. The van der Waals surface area contributed by atoms with Crippen LogP contribution in [0, 0.1) is 0 Å². The Bertz CT molecular complexity index is 521. The lowest BCUT2D eigenvalue weighted by Gasteiger charge is -2.11. The Morgan fingerprint density at radius 2 is 2.00 bits per heavy atom. The van der Waals surface area contributed by atoms with Gasteiger partial charge in [-0.2, -0.15) is 4.98 Å². The van der Waals surface area contributed by atoms with E-state index in [-0.39, 0.29) is 12.1 Å². The van der Waals surface area contributed by atoms with E-state index in [2.05, 4.69) is 17.1 Å². The van der Waals surface area contributed by atoms with E-state index in [9.17, 15) is 0 Å². The summed E-state index contributed by atoms with van der Waals surface area (Å²) in [5.41, 5.74) is 7.30. The SMILES string of the molecule is CCCC(OCC)c1noc([C@@H](N)Cc2ccccc2)n1. The van der Waals surface area contributed by atoms with Crippen LogP contribution in [0.5, 0.6) is 0 Å². The first-order valence-electron chi connectivity index (χ1n) is 7.49.